The van der Waals surface area contributed by atoms with Crippen molar-refractivity contribution < 1.29 is 17.9 Å². The lowest BCUT2D eigenvalue weighted by atomic mass is 10.2. The van der Waals surface area contributed by atoms with Gasteiger partial charge in [-0.3, -0.25) is 0 Å². The number of sulfone groups is 1. The molecule has 0 aromatic heterocycles. The third-order valence-corrected chi connectivity index (χ3v) is 4.55. The normalized spacial score (nSPS) is 11.2. The quantitative estimate of drug-likeness (QED) is 0.704. The van der Waals surface area contributed by atoms with Crippen molar-refractivity contribution in [3.63, 3.8) is 0 Å². The van der Waals surface area contributed by atoms with Crippen LogP contribution >= 0.6 is 0 Å². The van der Waals surface area contributed by atoms with Crippen molar-refractivity contribution in [2.75, 3.05) is 19.4 Å². The van der Waals surface area contributed by atoms with Crippen LogP contribution < -0.4 is 15.2 Å². The second-order valence-electron chi connectivity index (χ2n) is 5.47. The average Bonchev–Trinajstić information content (AvgIpc) is 2.57. The zero-order chi connectivity index (χ0) is 17.4. The Bertz CT molecular complexity index is 745. The lowest BCUT2D eigenvalue weighted by Gasteiger charge is -2.15. The fourth-order valence-electron chi connectivity index (χ4n) is 2.25. The molecule has 2 aromatic rings. The Balaban J connectivity index is 2.20. The van der Waals surface area contributed by atoms with E-state index >= 15 is 0 Å². The first kappa shape index (κ1) is 18.3. The highest BCUT2D eigenvalue weighted by Gasteiger charge is 2.21. The highest BCUT2D eigenvalue weighted by Crippen LogP contribution is 2.33. The van der Waals surface area contributed by atoms with Crippen molar-refractivity contribution in [2.45, 2.75) is 24.3 Å². The van der Waals surface area contributed by atoms with Gasteiger partial charge in [-0.1, -0.05) is 36.4 Å². The van der Waals surface area contributed by atoms with Crippen molar-refractivity contribution >= 4 is 9.84 Å². The molecule has 0 atom stereocenters. The summed E-state index contributed by atoms with van der Waals surface area (Å²) in [6.07, 6.45) is 2.76. The van der Waals surface area contributed by atoms with Gasteiger partial charge in [-0.15, -0.1) is 0 Å². The Morgan fingerprint density at radius 1 is 0.917 bits per heavy atom. The van der Waals surface area contributed by atoms with Gasteiger partial charge in [0.15, 0.2) is 14.7 Å². The number of benzene rings is 2. The van der Waals surface area contributed by atoms with Crippen LogP contribution in [0.25, 0.3) is 0 Å². The van der Waals surface area contributed by atoms with Gasteiger partial charge in [0, 0.05) is 6.26 Å². The van der Waals surface area contributed by atoms with Crippen LogP contribution in [0.3, 0.4) is 0 Å². The minimum atomic E-state index is -3.49. The molecular weight excluding hydrogens is 326 g/mol. The summed E-state index contributed by atoms with van der Waals surface area (Å²) in [5.41, 5.74) is 6.42. The molecule has 0 fully saturated rings. The van der Waals surface area contributed by atoms with Crippen molar-refractivity contribution in [1.29, 1.82) is 0 Å². The Morgan fingerprint density at radius 3 is 2.21 bits per heavy atom. The van der Waals surface area contributed by atoms with Crippen molar-refractivity contribution in [3.8, 4) is 11.5 Å². The molecule has 24 heavy (non-hydrogen) atoms. The van der Waals surface area contributed by atoms with Crippen LogP contribution in [-0.4, -0.2) is 27.8 Å². The summed E-state index contributed by atoms with van der Waals surface area (Å²) in [6, 6.07) is 14.6. The predicted molar refractivity (Wildman–Crippen MR) is 94.1 cm³/mol. The van der Waals surface area contributed by atoms with Crippen LogP contribution in [0.1, 0.15) is 18.4 Å². The average molecular weight is 349 g/mol. The third-order valence-electron chi connectivity index (χ3n) is 3.41. The number of hydrogen-bond acceptors (Lipinski definition) is 5. The molecule has 0 spiro atoms. The van der Waals surface area contributed by atoms with E-state index in [9.17, 15) is 8.42 Å². The minimum absolute atomic E-state index is 0.0914. The summed E-state index contributed by atoms with van der Waals surface area (Å²) in [4.78, 5) is 0.0914. The third kappa shape index (κ3) is 5.25. The van der Waals surface area contributed by atoms with E-state index in [0.717, 1.165) is 24.7 Å². The Hall–Kier alpha value is -2.05. The first-order valence-corrected chi connectivity index (χ1v) is 9.74. The topological polar surface area (TPSA) is 78.6 Å². The minimum Gasteiger partial charge on any atom is -0.492 e. The van der Waals surface area contributed by atoms with Crippen LogP contribution in [0.2, 0.25) is 0 Å². The summed E-state index contributed by atoms with van der Waals surface area (Å²) in [6.45, 7) is 1.30. The number of unbranched alkanes of at least 4 members (excludes halogenated alkanes) is 1. The predicted octanol–water partition coefficient (Wildman–Crippen LogP) is 2.79. The maximum absolute atomic E-state index is 12.2. The van der Waals surface area contributed by atoms with Gasteiger partial charge in [-0.25, -0.2) is 8.42 Å². The summed E-state index contributed by atoms with van der Waals surface area (Å²) >= 11 is 0. The van der Waals surface area contributed by atoms with Gasteiger partial charge in [-0.05, 0) is 37.1 Å². The number of hydrogen-bond donors (Lipinski definition) is 1. The van der Waals surface area contributed by atoms with Crippen LogP contribution in [0.15, 0.2) is 53.4 Å². The Labute approximate surface area is 143 Å². The molecule has 0 unspecified atom stereocenters. The SMILES string of the molecule is CS(=O)(=O)c1c(OCCCCN)cccc1OCc1ccccc1. The van der Waals surface area contributed by atoms with E-state index in [0.29, 0.717) is 31.3 Å². The molecule has 0 saturated carbocycles. The largest absolute Gasteiger partial charge is 0.492 e. The van der Waals surface area contributed by atoms with Crippen LogP contribution in [-0.2, 0) is 16.4 Å². The van der Waals surface area contributed by atoms with Crippen molar-refractivity contribution in [2.24, 2.45) is 5.73 Å². The van der Waals surface area contributed by atoms with E-state index in [-0.39, 0.29) is 4.90 Å². The maximum atomic E-state index is 12.2. The summed E-state index contributed by atoms with van der Waals surface area (Å²) in [5, 5.41) is 0. The Morgan fingerprint density at radius 2 is 1.58 bits per heavy atom. The maximum Gasteiger partial charge on any atom is 0.182 e. The van der Waals surface area contributed by atoms with Gasteiger partial charge in [0.2, 0.25) is 0 Å². The standard InChI is InChI=1S/C18H23NO4S/c1-24(20,21)18-16(22-13-6-5-12-19)10-7-11-17(18)23-14-15-8-3-2-4-9-15/h2-4,7-11H,5-6,12-14,19H2,1H3. The van der Waals surface area contributed by atoms with E-state index in [1.165, 1.54) is 0 Å². The molecule has 0 aliphatic carbocycles. The first-order valence-electron chi connectivity index (χ1n) is 7.85. The fourth-order valence-corrected chi connectivity index (χ4v) is 3.24. The molecule has 2 N–H and O–H groups in total. The molecular formula is C18H23NO4S. The van der Waals surface area contributed by atoms with E-state index in [2.05, 4.69) is 0 Å². The second-order valence-corrected chi connectivity index (χ2v) is 7.43. The van der Waals surface area contributed by atoms with E-state index in [1.54, 1.807) is 18.2 Å². The molecule has 0 amide bonds. The van der Waals surface area contributed by atoms with Gasteiger partial charge in [0.25, 0.3) is 0 Å². The van der Waals surface area contributed by atoms with Crippen LogP contribution in [0, 0.1) is 0 Å². The smallest absolute Gasteiger partial charge is 0.182 e. The molecule has 6 heteroatoms. The molecule has 0 aliphatic heterocycles. The summed E-state index contributed by atoms with van der Waals surface area (Å²) < 4.78 is 35.8. The monoisotopic (exact) mass is 349 g/mol. The Kier molecular flexibility index (Phi) is 6.63. The van der Waals surface area contributed by atoms with Gasteiger partial charge in [0.1, 0.15) is 18.1 Å². The van der Waals surface area contributed by atoms with E-state index < -0.39 is 9.84 Å². The summed E-state index contributed by atoms with van der Waals surface area (Å²) in [5.74, 6) is 0.623. The van der Waals surface area contributed by atoms with Gasteiger partial charge in [0.05, 0.1) is 6.61 Å². The zero-order valence-electron chi connectivity index (χ0n) is 13.8. The van der Waals surface area contributed by atoms with Gasteiger partial charge >= 0.3 is 0 Å². The molecule has 5 nitrogen and oxygen atoms in total. The fraction of sp³-hybridized carbons (Fsp3) is 0.333. The number of nitrogens with two attached hydrogens (primary N) is 1. The lowest BCUT2D eigenvalue weighted by molar-refractivity contribution is 0.277. The zero-order valence-corrected chi connectivity index (χ0v) is 14.6. The highest BCUT2D eigenvalue weighted by atomic mass is 32.2. The highest BCUT2D eigenvalue weighted by molar-refractivity contribution is 7.91. The molecule has 0 heterocycles. The van der Waals surface area contributed by atoms with E-state index in [4.69, 9.17) is 15.2 Å². The first-order chi connectivity index (χ1) is 11.5. The molecule has 0 aliphatic rings. The summed E-state index contributed by atoms with van der Waals surface area (Å²) in [7, 11) is -3.49. The van der Waals surface area contributed by atoms with Crippen molar-refractivity contribution in [3.05, 3.63) is 54.1 Å². The van der Waals surface area contributed by atoms with Crippen LogP contribution in [0.5, 0.6) is 11.5 Å². The molecule has 2 rings (SSSR count). The molecule has 0 radical (unpaired) electrons. The van der Waals surface area contributed by atoms with Gasteiger partial charge < -0.3 is 15.2 Å². The number of ether oxygens (including phenoxy) is 2. The van der Waals surface area contributed by atoms with Gasteiger partial charge in [-0.2, -0.15) is 0 Å². The molecule has 0 bridgehead atoms. The molecule has 0 saturated heterocycles. The van der Waals surface area contributed by atoms with Crippen LogP contribution in [0.4, 0.5) is 0 Å². The molecule has 130 valence electrons. The number of rotatable bonds is 9. The van der Waals surface area contributed by atoms with Crippen molar-refractivity contribution in [1.82, 2.24) is 0 Å². The lowest BCUT2D eigenvalue weighted by Crippen LogP contribution is -2.08. The second kappa shape index (κ2) is 8.70. The molecule has 2 aromatic carbocycles. The van der Waals surface area contributed by atoms with E-state index in [1.807, 2.05) is 30.3 Å².